The number of nitrogens with zero attached hydrogens (tertiary/aromatic N) is 1. The Bertz CT molecular complexity index is 649. The molecule has 0 radical (unpaired) electrons. The highest BCUT2D eigenvalue weighted by Gasteiger charge is 2.36. The van der Waals surface area contributed by atoms with Gasteiger partial charge < -0.3 is 9.84 Å². The van der Waals surface area contributed by atoms with Crippen LogP contribution in [0.3, 0.4) is 0 Å². The van der Waals surface area contributed by atoms with Crippen molar-refractivity contribution in [2.75, 3.05) is 20.2 Å². The zero-order valence-electron chi connectivity index (χ0n) is 14.3. The van der Waals surface area contributed by atoms with Crippen LogP contribution in [-0.4, -0.2) is 30.2 Å². The average molecular weight is 348 g/mol. The number of hydrogen-bond acceptors (Lipinski definition) is 3. The Hall–Kier alpha value is -1.55. The molecule has 0 spiro atoms. The lowest BCUT2D eigenvalue weighted by Gasteiger charge is -2.42. The van der Waals surface area contributed by atoms with Crippen molar-refractivity contribution in [1.82, 2.24) is 4.90 Å². The van der Waals surface area contributed by atoms with Gasteiger partial charge in [0.1, 0.15) is 11.4 Å². The average Bonchev–Trinajstić information content (AvgIpc) is 2.62. The molecule has 1 fully saturated rings. The van der Waals surface area contributed by atoms with Gasteiger partial charge >= 0.3 is 0 Å². The van der Waals surface area contributed by atoms with E-state index in [1.807, 2.05) is 30.3 Å². The van der Waals surface area contributed by atoms with Crippen molar-refractivity contribution >= 4 is 12.4 Å². The third kappa shape index (κ3) is 3.92. The Morgan fingerprint density at radius 2 is 1.88 bits per heavy atom. The van der Waals surface area contributed by atoms with Crippen LogP contribution >= 0.6 is 12.4 Å². The predicted molar refractivity (Wildman–Crippen MR) is 99.8 cm³/mol. The second-order valence-electron chi connectivity index (χ2n) is 6.42. The second kappa shape index (κ2) is 8.02. The number of hydrogen-bond donors (Lipinski definition) is 1. The first-order valence-corrected chi connectivity index (χ1v) is 8.28. The SMILES string of the molecule is COc1cccc(C2(O)CCCN(C(C)c3ccccc3)C2)c1.Cl. The van der Waals surface area contributed by atoms with E-state index in [9.17, 15) is 5.11 Å². The van der Waals surface area contributed by atoms with Gasteiger partial charge in [0, 0.05) is 12.6 Å². The van der Waals surface area contributed by atoms with Gasteiger partial charge in [0.15, 0.2) is 0 Å². The normalized spacial score (nSPS) is 22.5. The van der Waals surface area contributed by atoms with Crippen LogP contribution in [0.15, 0.2) is 54.6 Å². The lowest BCUT2D eigenvalue weighted by Crippen LogP contribution is -2.46. The molecule has 1 aliphatic heterocycles. The number of halogens is 1. The molecular formula is C20H26ClNO2. The van der Waals surface area contributed by atoms with Gasteiger partial charge in [-0.1, -0.05) is 42.5 Å². The number of piperidine rings is 1. The number of likely N-dealkylation sites (tertiary alicyclic amines) is 1. The Morgan fingerprint density at radius 1 is 1.12 bits per heavy atom. The second-order valence-corrected chi connectivity index (χ2v) is 6.42. The molecule has 0 aliphatic carbocycles. The van der Waals surface area contributed by atoms with Gasteiger partial charge in [-0.05, 0) is 49.6 Å². The van der Waals surface area contributed by atoms with Crippen LogP contribution in [0, 0.1) is 0 Å². The van der Waals surface area contributed by atoms with Gasteiger partial charge in [0.2, 0.25) is 0 Å². The fraction of sp³-hybridized carbons (Fsp3) is 0.400. The molecule has 1 saturated heterocycles. The summed E-state index contributed by atoms with van der Waals surface area (Å²) < 4.78 is 5.31. The quantitative estimate of drug-likeness (QED) is 0.901. The first-order valence-electron chi connectivity index (χ1n) is 8.28. The Balaban J connectivity index is 0.00000208. The molecule has 1 heterocycles. The smallest absolute Gasteiger partial charge is 0.119 e. The zero-order chi connectivity index (χ0) is 16.3. The van der Waals surface area contributed by atoms with Crippen molar-refractivity contribution in [2.45, 2.75) is 31.4 Å². The molecule has 2 aromatic carbocycles. The van der Waals surface area contributed by atoms with Crippen LogP contribution in [0.2, 0.25) is 0 Å². The molecule has 4 heteroatoms. The summed E-state index contributed by atoms with van der Waals surface area (Å²) in [6.45, 7) is 3.88. The van der Waals surface area contributed by atoms with E-state index >= 15 is 0 Å². The van der Waals surface area contributed by atoms with Crippen LogP contribution in [0.25, 0.3) is 0 Å². The number of ether oxygens (including phenoxy) is 1. The fourth-order valence-corrected chi connectivity index (χ4v) is 3.49. The largest absolute Gasteiger partial charge is 0.497 e. The molecule has 0 saturated carbocycles. The summed E-state index contributed by atoms with van der Waals surface area (Å²) in [7, 11) is 1.66. The molecule has 3 rings (SSSR count). The molecule has 2 unspecified atom stereocenters. The lowest BCUT2D eigenvalue weighted by molar-refractivity contribution is -0.0472. The Kier molecular flexibility index (Phi) is 6.27. The van der Waals surface area contributed by atoms with Crippen molar-refractivity contribution in [3.8, 4) is 5.75 Å². The van der Waals surface area contributed by atoms with E-state index in [1.165, 1.54) is 5.56 Å². The molecule has 0 aromatic heterocycles. The summed E-state index contributed by atoms with van der Waals surface area (Å²) in [5.41, 5.74) is 1.43. The molecule has 24 heavy (non-hydrogen) atoms. The predicted octanol–water partition coefficient (Wildman–Crippen LogP) is 4.16. The van der Waals surface area contributed by atoms with E-state index in [2.05, 4.69) is 36.1 Å². The molecular weight excluding hydrogens is 322 g/mol. The van der Waals surface area contributed by atoms with E-state index in [0.717, 1.165) is 30.7 Å². The summed E-state index contributed by atoms with van der Waals surface area (Å²) in [5, 5.41) is 11.2. The Labute approximate surface area is 150 Å². The van der Waals surface area contributed by atoms with E-state index < -0.39 is 5.60 Å². The van der Waals surface area contributed by atoms with Gasteiger partial charge in [0.25, 0.3) is 0 Å². The maximum atomic E-state index is 11.2. The highest BCUT2D eigenvalue weighted by atomic mass is 35.5. The van der Waals surface area contributed by atoms with E-state index in [0.29, 0.717) is 12.6 Å². The Morgan fingerprint density at radius 3 is 2.58 bits per heavy atom. The number of β-amino-alcohol motifs (C(OH)–C–C–N with tert-alkyl or cyclic N) is 1. The number of methoxy groups -OCH3 is 1. The molecule has 2 aromatic rings. The molecule has 1 aliphatic rings. The van der Waals surface area contributed by atoms with Crippen LogP contribution in [-0.2, 0) is 5.60 Å². The first-order chi connectivity index (χ1) is 11.1. The molecule has 0 amide bonds. The van der Waals surface area contributed by atoms with Gasteiger partial charge in [0.05, 0.1) is 7.11 Å². The minimum atomic E-state index is -0.810. The van der Waals surface area contributed by atoms with Crippen LogP contribution < -0.4 is 4.74 Å². The standard InChI is InChI=1S/C20H25NO2.ClH/c1-16(17-8-4-3-5-9-17)21-13-7-12-20(22,15-21)18-10-6-11-19(14-18)23-2;/h3-6,8-11,14,16,22H,7,12-13,15H2,1-2H3;1H. The highest BCUT2D eigenvalue weighted by molar-refractivity contribution is 5.85. The van der Waals surface area contributed by atoms with Crippen LogP contribution in [0.4, 0.5) is 0 Å². The van der Waals surface area contributed by atoms with E-state index in [4.69, 9.17) is 4.74 Å². The maximum Gasteiger partial charge on any atom is 0.119 e. The van der Waals surface area contributed by atoms with E-state index in [-0.39, 0.29) is 12.4 Å². The monoisotopic (exact) mass is 347 g/mol. The molecule has 2 atom stereocenters. The third-order valence-electron chi connectivity index (χ3n) is 4.94. The van der Waals surface area contributed by atoms with Crippen molar-refractivity contribution in [3.05, 3.63) is 65.7 Å². The summed E-state index contributed by atoms with van der Waals surface area (Å²) in [5.74, 6) is 0.796. The van der Waals surface area contributed by atoms with Crippen molar-refractivity contribution < 1.29 is 9.84 Å². The summed E-state index contributed by atoms with van der Waals surface area (Å²) in [4.78, 5) is 2.37. The first kappa shape index (κ1) is 18.8. The molecule has 130 valence electrons. The summed E-state index contributed by atoms with van der Waals surface area (Å²) >= 11 is 0. The number of rotatable bonds is 4. The number of benzene rings is 2. The van der Waals surface area contributed by atoms with Crippen LogP contribution in [0.5, 0.6) is 5.75 Å². The van der Waals surface area contributed by atoms with Crippen LogP contribution in [0.1, 0.15) is 36.9 Å². The van der Waals surface area contributed by atoms with Gasteiger partial charge in [-0.3, -0.25) is 4.90 Å². The minimum absolute atomic E-state index is 0. The number of aliphatic hydroxyl groups is 1. The minimum Gasteiger partial charge on any atom is -0.497 e. The van der Waals surface area contributed by atoms with Crippen molar-refractivity contribution in [1.29, 1.82) is 0 Å². The fourth-order valence-electron chi connectivity index (χ4n) is 3.49. The van der Waals surface area contributed by atoms with Gasteiger partial charge in [-0.2, -0.15) is 0 Å². The van der Waals surface area contributed by atoms with Crippen molar-refractivity contribution in [3.63, 3.8) is 0 Å². The maximum absolute atomic E-state index is 11.2. The van der Waals surface area contributed by atoms with Crippen molar-refractivity contribution in [2.24, 2.45) is 0 Å². The topological polar surface area (TPSA) is 32.7 Å². The summed E-state index contributed by atoms with van der Waals surface area (Å²) in [6, 6.07) is 18.6. The molecule has 1 N–H and O–H groups in total. The zero-order valence-corrected chi connectivity index (χ0v) is 15.1. The van der Waals surface area contributed by atoms with E-state index in [1.54, 1.807) is 7.11 Å². The van der Waals surface area contributed by atoms with Gasteiger partial charge in [-0.15, -0.1) is 12.4 Å². The highest BCUT2D eigenvalue weighted by Crippen LogP contribution is 2.36. The molecule has 0 bridgehead atoms. The van der Waals surface area contributed by atoms with Gasteiger partial charge in [-0.25, -0.2) is 0 Å². The lowest BCUT2D eigenvalue weighted by atomic mass is 9.84. The molecule has 3 nitrogen and oxygen atoms in total. The summed E-state index contributed by atoms with van der Waals surface area (Å²) in [6.07, 6.45) is 1.78. The third-order valence-corrected chi connectivity index (χ3v) is 4.94.